The molecule has 1 aliphatic rings. The summed E-state index contributed by atoms with van der Waals surface area (Å²) in [7, 11) is 0.0509. The number of hydrogen-bond acceptors (Lipinski definition) is 6. The Balaban J connectivity index is 2.06. The molecule has 1 saturated heterocycles. The van der Waals surface area contributed by atoms with Crippen LogP contribution in [0.4, 0.5) is 0 Å². The predicted molar refractivity (Wildman–Crippen MR) is 75.1 cm³/mol. The van der Waals surface area contributed by atoms with Gasteiger partial charge in [0.1, 0.15) is 0 Å². The highest BCUT2D eigenvalue weighted by molar-refractivity contribution is 7.91. The van der Waals surface area contributed by atoms with Gasteiger partial charge >= 0.3 is 0 Å². The highest BCUT2D eigenvalue weighted by Gasteiger charge is 2.27. The van der Waals surface area contributed by atoms with Crippen molar-refractivity contribution < 1.29 is 23.0 Å². The third-order valence-corrected chi connectivity index (χ3v) is 5.13. The molecule has 1 aliphatic heterocycles. The van der Waals surface area contributed by atoms with E-state index in [0.29, 0.717) is 24.5 Å². The number of hydrogen-bond donors (Lipinski definition) is 2. The SMILES string of the molecule is COc1cc(CNC2CCS(=O)(=O)C2)cc(OC)c1O. The van der Waals surface area contributed by atoms with E-state index in [9.17, 15) is 13.5 Å². The number of ether oxygens (including phenoxy) is 2. The topological polar surface area (TPSA) is 84.9 Å². The summed E-state index contributed by atoms with van der Waals surface area (Å²) in [5.74, 6) is 1.05. The van der Waals surface area contributed by atoms with Gasteiger partial charge in [-0.2, -0.15) is 0 Å². The molecule has 1 heterocycles. The zero-order valence-electron chi connectivity index (χ0n) is 11.5. The standard InChI is InChI=1S/C13H19NO5S/c1-18-11-5-9(6-12(19-2)13(11)15)7-14-10-3-4-20(16,17)8-10/h5-6,10,14-15H,3-4,7-8H2,1-2H3. The van der Waals surface area contributed by atoms with Gasteiger partial charge < -0.3 is 19.9 Å². The van der Waals surface area contributed by atoms with Crippen molar-refractivity contribution in [3.8, 4) is 17.2 Å². The van der Waals surface area contributed by atoms with Crippen LogP contribution in [-0.4, -0.2) is 45.3 Å². The van der Waals surface area contributed by atoms with Crippen molar-refractivity contribution in [1.29, 1.82) is 0 Å². The molecule has 20 heavy (non-hydrogen) atoms. The number of nitrogens with one attached hydrogen (secondary N) is 1. The van der Waals surface area contributed by atoms with Crippen LogP contribution in [0.3, 0.4) is 0 Å². The second-order valence-corrected chi connectivity index (χ2v) is 7.06. The van der Waals surface area contributed by atoms with Crippen LogP contribution < -0.4 is 14.8 Å². The molecule has 1 unspecified atom stereocenters. The minimum Gasteiger partial charge on any atom is -0.502 e. The minimum absolute atomic E-state index is 0.0224. The quantitative estimate of drug-likeness (QED) is 0.832. The van der Waals surface area contributed by atoms with Crippen LogP contribution in [0.25, 0.3) is 0 Å². The van der Waals surface area contributed by atoms with Gasteiger partial charge in [-0.3, -0.25) is 0 Å². The van der Waals surface area contributed by atoms with Crippen LogP contribution >= 0.6 is 0 Å². The Morgan fingerprint density at radius 3 is 2.35 bits per heavy atom. The summed E-state index contributed by atoms with van der Waals surface area (Å²) in [5.41, 5.74) is 0.862. The summed E-state index contributed by atoms with van der Waals surface area (Å²) in [6.45, 7) is 0.493. The average Bonchev–Trinajstić information content (AvgIpc) is 2.77. The van der Waals surface area contributed by atoms with E-state index in [1.54, 1.807) is 12.1 Å². The molecule has 1 fully saturated rings. The van der Waals surface area contributed by atoms with Gasteiger partial charge in [-0.1, -0.05) is 0 Å². The largest absolute Gasteiger partial charge is 0.502 e. The number of rotatable bonds is 5. The highest BCUT2D eigenvalue weighted by atomic mass is 32.2. The fourth-order valence-electron chi connectivity index (χ4n) is 2.27. The Bertz CT molecular complexity index is 559. The van der Waals surface area contributed by atoms with Crippen molar-refractivity contribution in [3.05, 3.63) is 17.7 Å². The summed E-state index contributed by atoms with van der Waals surface area (Å²) < 4.78 is 32.9. The lowest BCUT2D eigenvalue weighted by molar-refractivity contribution is 0.339. The maximum Gasteiger partial charge on any atom is 0.200 e. The van der Waals surface area contributed by atoms with Crippen molar-refractivity contribution in [2.24, 2.45) is 0 Å². The number of phenols is 1. The van der Waals surface area contributed by atoms with E-state index in [2.05, 4.69) is 5.32 Å². The molecule has 1 atom stereocenters. The molecule has 1 aromatic rings. The van der Waals surface area contributed by atoms with Crippen LogP contribution in [0.2, 0.25) is 0 Å². The third kappa shape index (κ3) is 3.34. The van der Waals surface area contributed by atoms with Gasteiger partial charge in [-0.05, 0) is 24.1 Å². The summed E-state index contributed by atoms with van der Waals surface area (Å²) in [6, 6.07) is 3.38. The number of aromatic hydroxyl groups is 1. The van der Waals surface area contributed by atoms with E-state index < -0.39 is 9.84 Å². The lowest BCUT2D eigenvalue weighted by Crippen LogP contribution is -2.29. The second-order valence-electron chi connectivity index (χ2n) is 4.83. The minimum atomic E-state index is -2.88. The summed E-state index contributed by atoms with van der Waals surface area (Å²) >= 11 is 0. The van der Waals surface area contributed by atoms with E-state index in [-0.39, 0.29) is 23.3 Å². The molecule has 112 valence electrons. The molecule has 6 nitrogen and oxygen atoms in total. The molecule has 0 bridgehead atoms. The van der Waals surface area contributed by atoms with E-state index >= 15 is 0 Å². The monoisotopic (exact) mass is 301 g/mol. The summed E-state index contributed by atoms with van der Waals surface area (Å²) in [5, 5.41) is 13.0. The first-order chi connectivity index (χ1) is 9.45. The summed E-state index contributed by atoms with van der Waals surface area (Å²) in [4.78, 5) is 0. The first kappa shape index (κ1) is 14.9. The van der Waals surface area contributed by atoms with Crippen molar-refractivity contribution in [2.45, 2.75) is 19.0 Å². The van der Waals surface area contributed by atoms with Crippen molar-refractivity contribution in [2.75, 3.05) is 25.7 Å². The van der Waals surface area contributed by atoms with Gasteiger partial charge in [0.15, 0.2) is 21.3 Å². The first-order valence-electron chi connectivity index (χ1n) is 6.33. The molecule has 0 radical (unpaired) electrons. The lowest BCUT2D eigenvalue weighted by atomic mass is 10.1. The molecule has 7 heteroatoms. The fourth-order valence-corrected chi connectivity index (χ4v) is 3.98. The van der Waals surface area contributed by atoms with Gasteiger partial charge in [0.2, 0.25) is 5.75 Å². The van der Waals surface area contributed by atoms with E-state index in [0.717, 1.165) is 5.56 Å². The Kier molecular flexibility index (Phi) is 4.39. The van der Waals surface area contributed by atoms with Crippen LogP contribution in [0, 0.1) is 0 Å². The molecular formula is C13H19NO5S. The smallest absolute Gasteiger partial charge is 0.200 e. The molecule has 2 N–H and O–H groups in total. The fraction of sp³-hybridized carbons (Fsp3) is 0.538. The number of methoxy groups -OCH3 is 2. The van der Waals surface area contributed by atoms with E-state index in [4.69, 9.17) is 9.47 Å². The molecule has 2 rings (SSSR count). The van der Waals surface area contributed by atoms with Gasteiger partial charge in [0, 0.05) is 12.6 Å². The molecule has 0 aliphatic carbocycles. The Morgan fingerprint density at radius 2 is 1.90 bits per heavy atom. The van der Waals surface area contributed by atoms with Crippen LogP contribution in [0.5, 0.6) is 17.2 Å². The van der Waals surface area contributed by atoms with Gasteiger partial charge in [-0.15, -0.1) is 0 Å². The summed E-state index contributed by atoms with van der Waals surface area (Å²) in [6.07, 6.45) is 0.634. The lowest BCUT2D eigenvalue weighted by Gasteiger charge is -2.14. The van der Waals surface area contributed by atoms with Crippen molar-refractivity contribution in [3.63, 3.8) is 0 Å². The third-order valence-electron chi connectivity index (χ3n) is 3.37. The zero-order chi connectivity index (χ0) is 14.8. The second kappa shape index (κ2) is 5.88. The van der Waals surface area contributed by atoms with E-state index in [1.165, 1.54) is 14.2 Å². The molecule has 0 spiro atoms. The number of phenolic OH excluding ortho intramolecular Hbond substituents is 1. The van der Waals surface area contributed by atoms with Crippen molar-refractivity contribution in [1.82, 2.24) is 5.32 Å². The molecular weight excluding hydrogens is 282 g/mol. The Hall–Kier alpha value is -1.47. The van der Waals surface area contributed by atoms with Gasteiger partial charge in [-0.25, -0.2) is 8.42 Å². The normalized spacial score (nSPS) is 20.8. The van der Waals surface area contributed by atoms with Crippen molar-refractivity contribution >= 4 is 9.84 Å². The number of sulfone groups is 1. The van der Waals surface area contributed by atoms with Crippen LogP contribution in [0.15, 0.2) is 12.1 Å². The maximum absolute atomic E-state index is 11.4. The molecule has 0 amide bonds. The zero-order valence-corrected chi connectivity index (χ0v) is 12.4. The maximum atomic E-state index is 11.4. The predicted octanol–water partition coefficient (Wildman–Crippen LogP) is 0.686. The number of benzene rings is 1. The Morgan fingerprint density at radius 1 is 1.30 bits per heavy atom. The van der Waals surface area contributed by atoms with Gasteiger partial charge in [0.25, 0.3) is 0 Å². The average molecular weight is 301 g/mol. The van der Waals surface area contributed by atoms with E-state index in [1.807, 2.05) is 0 Å². The molecule has 0 aromatic heterocycles. The van der Waals surface area contributed by atoms with Crippen LogP contribution in [-0.2, 0) is 16.4 Å². The highest BCUT2D eigenvalue weighted by Crippen LogP contribution is 2.37. The molecule has 1 aromatic carbocycles. The first-order valence-corrected chi connectivity index (χ1v) is 8.15. The van der Waals surface area contributed by atoms with Crippen LogP contribution in [0.1, 0.15) is 12.0 Å². The van der Waals surface area contributed by atoms with Gasteiger partial charge in [0.05, 0.1) is 25.7 Å². The Labute approximate surface area is 118 Å². The molecule has 0 saturated carbocycles.